The average molecular weight is 238 g/mol. The summed E-state index contributed by atoms with van der Waals surface area (Å²) in [5.74, 6) is 0. The molecule has 1 atom stereocenters. The van der Waals surface area contributed by atoms with Crippen molar-refractivity contribution in [2.45, 2.75) is 26.3 Å². The predicted octanol–water partition coefficient (Wildman–Crippen LogP) is 3.94. The highest BCUT2D eigenvalue weighted by Gasteiger charge is 2.08. The minimum Gasteiger partial charge on any atom is -0.354 e. The van der Waals surface area contributed by atoms with Gasteiger partial charge in [0.1, 0.15) is 0 Å². The van der Waals surface area contributed by atoms with Crippen molar-refractivity contribution in [3.8, 4) is 0 Å². The van der Waals surface area contributed by atoms with E-state index >= 15 is 0 Å². The lowest BCUT2D eigenvalue weighted by atomic mass is 10.3. The van der Waals surface area contributed by atoms with Crippen molar-refractivity contribution < 1.29 is 0 Å². The molecular formula is C11H14N2S2. The molecule has 0 saturated heterocycles. The number of thiophene rings is 1. The summed E-state index contributed by atoms with van der Waals surface area (Å²) in [7, 11) is 0. The molecule has 0 radical (unpaired) electrons. The van der Waals surface area contributed by atoms with Gasteiger partial charge in [-0.2, -0.15) is 0 Å². The van der Waals surface area contributed by atoms with Gasteiger partial charge in [0.25, 0.3) is 0 Å². The van der Waals surface area contributed by atoms with E-state index in [9.17, 15) is 0 Å². The van der Waals surface area contributed by atoms with Crippen molar-refractivity contribution in [1.29, 1.82) is 0 Å². The molecule has 2 heterocycles. The predicted molar refractivity (Wildman–Crippen MR) is 67.8 cm³/mol. The van der Waals surface area contributed by atoms with Crippen LogP contribution < -0.4 is 5.32 Å². The molecule has 2 aromatic heterocycles. The topological polar surface area (TPSA) is 24.9 Å². The SMILES string of the molecule is CCc1ccc(C(C)Nc2nccs2)s1. The highest BCUT2D eigenvalue weighted by atomic mass is 32.1. The molecule has 2 rings (SSSR count). The van der Waals surface area contributed by atoms with E-state index in [1.54, 1.807) is 11.3 Å². The molecule has 1 unspecified atom stereocenters. The van der Waals surface area contributed by atoms with Crippen LogP contribution in [0.4, 0.5) is 5.13 Å². The van der Waals surface area contributed by atoms with Crippen LogP contribution in [-0.4, -0.2) is 4.98 Å². The average Bonchev–Trinajstić information content (AvgIpc) is 2.86. The number of hydrogen-bond acceptors (Lipinski definition) is 4. The van der Waals surface area contributed by atoms with Crippen molar-refractivity contribution in [2.24, 2.45) is 0 Å². The molecule has 0 fully saturated rings. The number of rotatable bonds is 4. The normalized spacial score (nSPS) is 12.7. The van der Waals surface area contributed by atoms with Gasteiger partial charge in [-0.1, -0.05) is 6.92 Å². The summed E-state index contributed by atoms with van der Waals surface area (Å²) in [6.07, 6.45) is 2.94. The molecule has 0 aromatic carbocycles. The Labute approximate surface area is 98.0 Å². The van der Waals surface area contributed by atoms with Crippen molar-refractivity contribution in [3.63, 3.8) is 0 Å². The lowest BCUT2D eigenvalue weighted by molar-refractivity contribution is 0.904. The van der Waals surface area contributed by atoms with Crippen molar-refractivity contribution >= 4 is 27.8 Å². The summed E-state index contributed by atoms with van der Waals surface area (Å²) in [5.41, 5.74) is 0. The van der Waals surface area contributed by atoms with Crippen LogP contribution in [0.5, 0.6) is 0 Å². The van der Waals surface area contributed by atoms with Gasteiger partial charge < -0.3 is 5.32 Å². The summed E-state index contributed by atoms with van der Waals surface area (Å²) >= 11 is 3.52. The number of aryl methyl sites for hydroxylation is 1. The molecular weight excluding hydrogens is 224 g/mol. The molecule has 1 N–H and O–H groups in total. The molecule has 0 aliphatic rings. The number of nitrogens with zero attached hydrogens (tertiary/aromatic N) is 1. The van der Waals surface area contributed by atoms with Crippen LogP contribution in [0.3, 0.4) is 0 Å². The number of thiazole rings is 1. The van der Waals surface area contributed by atoms with Gasteiger partial charge in [-0.3, -0.25) is 0 Å². The third-order valence-electron chi connectivity index (χ3n) is 2.23. The largest absolute Gasteiger partial charge is 0.354 e. The fourth-order valence-corrected chi connectivity index (χ4v) is 2.94. The first-order valence-electron chi connectivity index (χ1n) is 5.04. The number of aromatic nitrogens is 1. The van der Waals surface area contributed by atoms with Crippen LogP contribution in [0.25, 0.3) is 0 Å². The summed E-state index contributed by atoms with van der Waals surface area (Å²) in [6, 6.07) is 4.76. The quantitative estimate of drug-likeness (QED) is 0.872. The van der Waals surface area contributed by atoms with Crippen LogP contribution in [0, 0.1) is 0 Å². The molecule has 0 aliphatic carbocycles. The third-order valence-corrected chi connectivity index (χ3v) is 4.35. The molecule has 0 aliphatic heterocycles. The van der Waals surface area contributed by atoms with E-state index in [2.05, 4.69) is 36.3 Å². The Bertz CT molecular complexity index is 406. The highest BCUT2D eigenvalue weighted by Crippen LogP contribution is 2.26. The van der Waals surface area contributed by atoms with Crippen molar-refractivity contribution in [1.82, 2.24) is 4.98 Å². The maximum absolute atomic E-state index is 4.22. The van der Waals surface area contributed by atoms with E-state index in [0.717, 1.165) is 11.6 Å². The van der Waals surface area contributed by atoms with Gasteiger partial charge in [0.15, 0.2) is 5.13 Å². The Morgan fingerprint density at radius 3 is 2.93 bits per heavy atom. The van der Waals surface area contributed by atoms with Gasteiger partial charge in [-0.15, -0.1) is 22.7 Å². The standard InChI is InChI=1S/C11H14N2S2/c1-3-9-4-5-10(15-9)8(2)13-11-12-6-7-14-11/h4-8H,3H2,1-2H3,(H,12,13). The van der Waals surface area contributed by atoms with Gasteiger partial charge in [0.05, 0.1) is 6.04 Å². The van der Waals surface area contributed by atoms with E-state index in [-0.39, 0.29) is 0 Å². The second-order valence-electron chi connectivity index (χ2n) is 3.36. The summed E-state index contributed by atoms with van der Waals surface area (Å²) in [6.45, 7) is 4.36. The molecule has 0 amide bonds. The summed E-state index contributed by atoms with van der Waals surface area (Å²) < 4.78 is 0. The third kappa shape index (κ3) is 2.58. The Morgan fingerprint density at radius 2 is 2.33 bits per heavy atom. The fourth-order valence-electron chi connectivity index (χ4n) is 1.37. The van der Waals surface area contributed by atoms with Crippen LogP contribution in [0.1, 0.15) is 29.6 Å². The van der Waals surface area contributed by atoms with Crippen LogP contribution in [-0.2, 0) is 6.42 Å². The minimum atomic E-state index is 0.349. The maximum atomic E-state index is 4.22. The van der Waals surface area contributed by atoms with Gasteiger partial charge in [-0.05, 0) is 25.5 Å². The molecule has 4 heteroatoms. The van der Waals surface area contributed by atoms with Crippen molar-refractivity contribution in [2.75, 3.05) is 5.32 Å². The maximum Gasteiger partial charge on any atom is 0.183 e. The lowest BCUT2D eigenvalue weighted by Gasteiger charge is -2.10. The van der Waals surface area contributed by atoms with Gasteiger partial charge in [0.2, 0.25) is 0 Å². The van der Waals surface area contributed by atoms with Gasteiger partial charge in [-0.25, -0.2) is 4.98 Å². The first kappa shape index (κ1) is 10.6. The van der Waals surface area contributed by atoms with E-state index in [0.29, 0.717) is 6.04 Å². The molecule has 0 spiro atoms. The summed E-state index contributed by atoms with van der Waals surface area (Å²) in [4.78, 5) is 7.04. The molecule has 2 aromatic rings. The van der Waals surface area contributed by atoms with Crippen LogP contribution >= 0.6 is 22.7 Å². The Balaban J connectivity index is 2.04. The minimum absolute atomic E-state index is 0.349. The molecule has 2 nitrogen and oxygen atoms in total. The van der Waals surface area contributed by atoms with Crippen molar-refractivity contribution in [3.05, 3.63) is 33.5 Å². The molecule has 15 heavy (non-hydrogen) atoms. The zero-order valence-electron chi connectivity index (χ0n) is 8.86. The fraction of sp³-hybridized carbons (Fsp3) is 0.364. The number of hydrogen-bond donors (Lipinski definition) is 1. The second kappa shape index (κ2) is 4.77. The zero-order valence-corrected chi connectivity index (χ0v) is 10.5. The Kier molecular flexibility index (Phi) is 3.38. The first-order chi connectivity index (χ1) is 7.29. The Hall–Kier alpha value is -0.870. The summed E-state index contributed by atoms with van der Waals surface area (Å²) in [5, 5.41) is 6.37. The van der Waals surface area contributed by atoms with Gasteiger partial charge >= 0.3 is 0 Å². The van der Waals surface area contributed by atoms with E-state index in [1.807, 2.05) is 22.9 Å². The Morgan fingerprint density at radius 1 is 1.47 bits per heavy atom. The smallest absolute Gasteiger partial charge is 0.183 e. The second-order valence-corrected chi connectivity index (χ2v) is 5.46. The van der Waals surface area contributed by atoms with Crippen LogP contribution in [0.15, 0.2) is 23.7 Å². The monoisotopic (exact) mass is 238 g/mol. The first-order valence-corrected chi connectivity index (χ1v) is 6.74. The van der Waals surface area contributed by atoms with E-state index in [1.165, 1.54) is 9.75 Å². The lowest BCUT2D eigenvalue weighted by Crippen LogP contribution is -2.03. The van der Waals surface area contributed by atoms with Gasteiger partial charge in [0, 0.05) is 21.3 Å². The zero-order chi connectivity index (χ0) is 10.7. The molecule has 0 saturated carbocycles. The van der Waals surface area contributed by atoms with Crippen LogP contribution in [0.2, 0.25) is 0 Å². The molecule has 80 valence electrons. The van der Waals surface area contributed by atoms with E-state index in [4.69, 9.17) is 0 Å². The molecule has 0 bridgehead atoms. The number of nitrogens with one attached hydrogen (secondary N) is 1. The number of anilines is 1. The highest BCUT2D eigenvalue weighted by molar-refractivity contribution is 7.13. The van der Waals surface area contributed by atoms with E-state index < -0.39 is 0 Å².